The molecule has 1 aliphatic heterocycles. The number of unbranched alkanes of at least 4 members (excludes halogenated alkanes) is 23. The monoisotopic (exact) mass is 1120 g/mol. The van der Waals surface area contributed by atoms with Gasteiger partial charge in [0.2, 0.25) is 5.91 Å². The predicted octanol–water partition coefficient (Wildman–Crippen LogP) is 15.7. The van der Waals surface area contributed by atoms with Crippen LogP contribution in [0.5, 0.6) is 0 Å². The molecule has 6 N–H and O–H groups in total. The third kappa shape index (κ3) is 43.1. The van der Waals surface area contributed by atoms with Crippen LogP contribution in [-0.2, 0) is 23.8 Å². The Labute approximate surface area is 488 Å². The number of carbonyl (C=O) groups is 2. The Hall–Kier alpha value is -3.68. The van der Waals surface area contributed by atoms with Crippen molar-refractivity contribution in [3.8, 4) is 0 Å². The molecule has 0 aromatic heterocycles. The normalized spacial score (nSPS) is 19.5. The van der Waals surface area contributed by atoms with Crippen LogP contribution in [0.3, 0.4) is 0 Å². The number of amides is 1. The van der Waals surface area contributed by atoms with Crippen molar-refractivity contribution in [2.75, 3.05) is 13.2 Å². The third-order valence-electron chi connectivity index (χ3n) is 14.4. The van der Waals surface area contributed by atoms with Crippen molar-refractivity contribution >= 4 is 11.9 Å². The molecule has 0 aliphatic carbocycles. The van der Waals surface area contributed by atoms with E-state index in [9.17, 15) is 35.1 Å². The van der Waals surface area contributed by atoms with Gasteiger partial charge in [0.1, 0.15) is 24.4 Å². The SMILES string of the molecule is CC/C=C\C/C=C\C/C=C\C/C=C\C/C=C\C/C=C\CCCCCCCCC(=O)OC1C(OCC(NC(=O)C(O)CCCCCCCC/C=C/C/C=C/CC)C(O)/C=C/CCCCCCCCCCCCC)OC(CO)C(O)C1O. The van der Waals surface area contributed by atoms with Gasteiger partial charge in [-0.1, -0.05) is 252 Å². The van der Waals surface area contributed by atoms with E-state index in [1.54, 1.807) is 6.08 Å². The summed E-state index contributed by atoms with van der Waals surface area (Å²) in [7, 11) is 0. The van der Waals surface area contributed by atoms with Gasteiger partial charge in [-0.15, -0.1) is 0 Å². The van der Waals surface area contributed by atoms with E-state index in [2.05, 4.69) is 123 Å². The maximum Gasteiger partial charge on any atom is 0.306 e. The predicted molar refractivity (Wildman–Crippen MR) is 333 cm³/mol. The van der Waals surface area contributed by atoms with Crippen LogP contribution < -0.4 is 5.32 Å². The van der Waals surface area contributed by atoms with Crippen molar-refractivity contribution in [1.29, 1.82) is 0 Å². The lowest BCUT2D eigenvalue weighted by Crippen LogP contribution is -2.61. The van der Waals surface area contributed by atoms with E-state index in [1.165, 1.54) is 57.8 Å². The molecule has 0 saturated carbocycles. The highest BCUT2D eigenvalue weighted by Gasteiger charge is 2.47. The Morgan fingerprint density at radius 2 is 0.900 bits per heavy atom. The second-order valence-corrected chi connectivity index (χ2v) is 21.7. The Morgan fingerprint density at radius 1 is 0.500 bits per heavy atom. The van der Waals surface area contributed by atoms with Crippen LogP contribution in [0.15, 0.2) is 109 Å². The lowest BCUT2D eigenvalue weighted by atomic mass is 9.99. The zero-order valence-electron chi connectivity index (χ0n) is 50.7. The van der Waals surface area contributed by atoms with E-state index in [4.69, 9.17) is 14.2 Å². The number of carbonyl (C=O) groups excluding carboxylic acids is 2. The molecular formula is C69H117NO10. The highest BCUT2D eigenvalue weighted by Crippen LogP contribution is 2.26. The van der Waals surface area contributed by atoms with Crippen LogP contribution in [0.1, 0.15) is 252 Å². The summed E-state index contributed by atoms with van der Waals surface area (Å²) in [5.41, 5.74) is 0. The maximum absolute atomic E-state index is 13.4. The first-order valence-electron chi connectivity index (χ1n) is 32.2. The molecule has 458 valence electrons. The molecule has 0 bridgehead atoms. The van der Waals surface area contributed by atoms with Crippen LogP contribution >= 0.6 is 0 Å². The van der Waals surface area contributed by atoms with Gasteiger partial charge in [-0.05, 0) is 103 Å². The molecule has 0 radical (unpaired) electrons. The number of hydrogen-bond donors (Lipinski definition) is 6. The summed E-state index contributed by atoms with van der Waals surface area (Å²) in [4.78, 5) is 26.6. The average Bonchev–Trinajstić information content (AvgIpc) is 3.45. The van der Waals surface area contributed by atoms with Crippen molar-refractivity contribution in [2.45, 2.75) is 301 Å². The maximum atomic E-state index is 13.4. The first kappa shape index (κ1) is 74.3. The Balaban J connectivity index is 2.64. The van der Waals surface area contributed by atoms with Gasteiger partial charge in [-0.3, -0.25) is 9.59 Å². The minimum Gasteiger partial charge on any atom is -0.454 e. The minimum atomic E-state index is -1.63. The molecule has 11 nitrogen and oxygen atoms in total. The molecule has 1 fully saturated rings. The highest BCUT2D eigenvalue weighted by atomic mass is 16.7. The van der Waals surface area contributed by atoms with Gasteiger partial charge in [0.15, 0.2) is 12.4 Å². The second-order valence-electron chi connectivity index (χ2n) is 21.7. The summed E-state index contributed by atoms with van der Waals surface area (Å²) >= 11 is 0. The molecule has 8 unspecified atom stereocenters. The quantitative estimate of drug-likeness (QED) is 0.0195. The van der Waals surface area contributed by atoms with Gasteiger partial charge < -0.3 is 45.1 Å². The Kier molecular flexibility index (Phi) is 51.9. The lowest BCUT2D eigenvalue weighted by molar-refractivity contribution is -0.305. The summed E-state index contributed by atoms with van der Waals surface area (Å²) in [6, 6.07) is -1.04. The van der Waals surface area contributed by atoms with Gasteiger partial charge in [-0.2, -0.15) is 0 Å². The number of ether oxygens (including phenoxy) is 3. The van der Waals surface area contributed by atoms with E-state index in [0.29, 0.717) is 12.8 Å². The van der Waals surface area contributed by atoms with Crippen molar-refractivity contribution in [1.82, 2.24) is 5.32 Å². The summed E-state index contributed by atoms with van der Waals surface area (Å²) < 4.78 is 17.6. The second kappa shape index (κ2) is 55.8. The zero-order chi connectivity index (χ0) is 58.2. The number of esters is 1. The van der Waals surface area contributed by atoms with Crippen LogP contribution in [0.2, 0.25) is 0 Å². The molecular weight excluding hydrogens is 1000 g/mol. The molecule has 1 rings (SSSR count). The van der Waals surface area contributed by atoms with Crippen molar-refractivity contribution in [3.63, 3.8) is 0 Å². The first-order valence-corrected chi connectivity index (χ1v) is 32.2. The first-order chi connectivity index (χ1) is 39.2. The summed E-state index contributed by atoms with van der Waals surface area (Å²) in [5, 5.41) is 57.0. The van der Waals surface area contributed by atoms with E-state index in [1.807, 2.05) is 6.08 Å². The smallest absolute Gasteiger partial charge is 0.306 e. The molecule has 1 aliphatic rings. The molecule has 0 spiro atoms. The topological polar surface area (TPSA) is 175 Å². The average molecular weight is 1120 g/mol. The Morgan fingerprint density at radius 3 is 1.35 bits per heavy atom. The number of nitrogens with one attached hydrogen (secondary N) is 1. The number of rotatable bonds is 53. The van der Waals surface area contributed by atoms with Crippen LogP contribution in [0, 0.1) is 0 Å². The van der Waals surface area contributed by atoms with Gasteiger partial charge in [-0.25, -0.2) is 0 Å². The Bertz CT molecular complexity index is 1710. The third-order valence-corrected chi connectivity index (χ3v) is 14.4. The summed E-state index contributed by atoms with van der Waals surface area (Å²) in [6.07, 6.45) is 65.5. The van der Waals surface area contributed by atoms with Crippen molar-refractivity contribution < 1.29 is 49.3 Å². The highest BCUT2D eigenvalue weighted by molar-refractivity contribution is 5.80. The molecule has 80 heavy (non-hydrogen) atoms. The van der Waals surface area contributed by atoms with Gasteiger partial charge >= 0.3 is 5.97 Å². The fourth-order valence-corrected chi connectivity index (χ4v) is 9.40. The lowest BCUT2D eigenvalue weighted by Gasteiger charge is -2.41. The van der Waals surface area contributed by atoms with Crippen LogP contribution in [-0.4, -0.2) is 99.6 Å². The fourth-order valence-electron chi connectivity index (χ4n) is 9.40. The van der Waals surface area contributed by atoms with Crippen LogP contribution in [0.4, 0.5) is 0 Å². The largest absolute Gasteiger partial charge is 0.454 e. The molecule has 0 aromatic carbocycles. The molecule has 11 heteroatoms. The molecule has 1 heterocycles. The number of aliphatic hydroxyl groups is 5. The molecule has 1 saturated heterocycles. The van der Waals surface area contributed by atoms with E-state index < -0.39 is 67.4 Å². The standard InChI is InChI=1S/C69H117NO10/c1-4-7-10-13-16-19-22-25-26-27-28-29-30-31-32-33-34-35-36-39-42-45-48-51-54-57-64(74)80-67-66(76)65(75)63(58-71)79-69(67)78-59-60(61(72)55-52-49-46-43-40-37-23-20-17-14-11-8-5-2)70-68(77)62(73)56-53-50-47-44-41-38-24-21-18-15-12-9-6-3/h7,9-10,12,16,18-19,21,25-26,28-29,31-32,34-35,52,55,60-63,65-67,69,71-73,75-76H,4-6,8,11,13-15,17,20,22-24,27,30,33,36-51,53-54,56-59H2,1-3H3,(H,70,77)/b10-7-,12-9+,19-16-,21-18+,26-25-,29-28-,32-31-,35-34-,55-52+. The van der Waals surface area contributed by atoms with Crippen LogP contribution in [0.25, 0.3) is 0 Å². The zero-order valence-corrected chi connectivity index (χ0v) is 50.7. The van der Waals surface area contributed by atoms with Gasteiger partial charge in [0, 0.05) is 6.42 Å². The summed E-state index contributed by atoms with van der Waals surface area (Å²) in [6.45, 7) is 5.55. The van der Waals surface area contributed by atoms with Gasteiger partial charge in [0.05, 0.1) is 25.4 Å². The van der Waals surface area contributed by atoms with Crippen molar-refractivity contribution in [2.24, 2.45) is 0 Å². The molecule has 8 atom stereocenters. The van der Waals surface area contributed by atoms with Crippen molar-refractivity contribution in [3.05, 3.63) is 109 Å². The minimum absolute atomic E-state index is 0.0994. The number of allylic oxidation sites excluding steroid dienone is 17. The number of aliphatic hydroxyl groups excluding tert-OH is 5. The van der Waals surface area contributed by atoms with E-state index >= 15 is 0 Å². The van der Waals surface area contributed by atoms with E-state index in [-0.39, 0.29) is 19.4 Å². The fraction of sp³-hybridized carbons (Fsp3) is 0.710. The van der Waals surface area contributed by atoms with Gasteiger partial charge in [0.25, 0.3) is 0 Å². The molecule has 1 amide bonds. The van der Waals surface area contributed by atoms with E-state index in [0.717, 1.165) is 148 Å². The summed E-state index contributed by atoms with van der Waals surface area (Å²) in [5.74, 6) is -1.22. The molecule has 0 aromatic rings. The number of hydrogen-bond acceptors (Lipinski definition) is 10.